The van der Waals surface area contributed by atoms with Crippen LogP contribution in [0.15, 0.2) is 0 Å². The Labute approximate surface area is 129 Å². The van der Waals surface area contributed by atoms with Gasteiger partial charge in [0, 0.05) is 0 Å². The quantitative estimate of drug-likeness (QED) is 0.368. The standard InChI is InChI=1S/C12H27O3P.FH2O3P/c1-4-7-10-13-16(14-11-8-5-2)15-12-9-6-3;1-4-5(2)3/h4-12H2,1-3H3;2-3H. The van der Waals surface area contributed by atoms with Crippen molar-refractivity contribution in [2.45, 2.75) is 59.3 Å². The minimum absolute atomic E-state index is 0.750. The lowest BCUT2D eigenvalue weighted by molar-refractivity contribution is -0.0199. The molecule has 0 aliphatic heterocycles. The van der Waals surface area contributed by atoms with Crippen LogP contribution in [0.4, 0.5) is 4.53 Å². The normalized spacial score (nSPS) is 10.9. The first kappa shape index (κ1) is 23.8. The van der Waals surface area contributed by atoms with Gasteiger partial charge >= 0.3 is 17.2 Å². The van der Waals surface area contributed by atoms with Crippen LogP contribution in [0.2, 0.25) is 0 Å². The first-order valence-electron chi connectivity index (χ1n) is 7.27. The van der Waals surface area contributed by atoms with Crippen LogP contribution in [-0.2, 0) is 18.3 Å². The van der Waals surface area contributed by atoms with E-state index in [1.54, 1.807) is 0 Å². The van der Waals surface area contributed by atoms with E-state index in [1.165, 1.54) is 0 Å². The van der Waals surface area contributed by atoms with Gasteiger partial charge in [0.05, 0.1) is 19.8 Å². The maximum atomic E-state index is 10.1. The molecule has 0 radical (unpaired) electrons. The minimum atomic E-state index is -2.76. The summed E-state index contributed by atoms with van der Waals surface area (Å²) in [6.45, 7) is 8.71. The van der Waals surface area contributed by atoms with E-state index in [1.807, 2.05) is 0 Å². The Morgan fingerprint density at radius 2 is 1.05 bits per heavy atom. The van der Waals surface area contributed by atoms with Gasteiger partial charge in [-0.3, -0.25) is 0 Å². The Balaban J connectivity index is 0. The maximum Gasteiger partial charge on any atom is 0.363 e. The third-order valence-electron chi connectivity index (χ3n) is 2.15. The summed E-state index contributed by atoms with van der Waals surface area (Å²) < 4.78 is 29.4. The summed E-state index contributed by atoms with van der Waals surface area (Å²) in [6, 6.07) is 0. The van der Waals surface area contributed by atoms with E-state index in [-0.39, 0.29) is 0 Å². The zero-order valence-electron chi connectivity index (χ0n) is 13.2. The van der Waals surface area contributed by atoms with Crippen LogP contribution in [0, 0.1) is 0 Å². The molecule has 0 aromatic carbocycles. The third-order valence-corrected chi connectivity index (χ3v) is 3.45. The largest absolute Gasteiger partial charge is 0.363 e. The van der Waals surface area contributed by atoms with Gasteiger partial charge in [-0.15, -0.1) is 4.73 Å². The van der Waals surface area contributed by atoms with Crippen molar-refractivity contribution >= 4 is 17.2 Å². The van der Waals surface area contributed by atoms with Gasteiger partial charge in [0.2, 0.25) is 0 Å². The molecule has 0 aromatic rings. The molecule has 0 heterocycles. The van der Waals surface area contributed by atoms with Crippen molar-refractivity contribution in [2.24, 2.45) is 0 Å². The van der Waals surface area contributed by atoms with Gasteiger partial charge in [0.1, 0.15) is 0 Å². The molecule has 0 bridgehead atoms. The van der Waals surface area contributed by atoms with Crippen LogP contribution in [0.3, 0.4) is 0 Å². The van der Waals surface area contributed by atoms with E-state index in [2.05, 4.69) is 25.5 Å². The zero-order valence-corrected chi connectivity index (χ0v) is 15.0. The van der Waals surface area contributed by atoms with Gasteiger partial charge in [0.15, 0.2) is 0 Å². The Morgan fingerprint density at radius 1 is 0.762 bits per heavy atom. The van der Waals surface area contributed by atoms with E-state index in [4.69, 9.17) is 23.4 Å². The van der Waals surface area contributed by atoms with Gasteiger partial charge in [-0.2, -0.15) is 0 Å². The second-order valence-electron chi connectivity index (χ2n) is 4.11. The summed E-state index contributed by atoms with van der Waals surface area (Å²) in [5, 5.41) is 0. The topological polar surface area (TPSA) is 77.4 Å². The molecule has 0 fully saturated rings. The second-order valence-corrected chi connectivity index (χ2v) is 5.97. The minimum Gasteiger partial charge on any atom is -0.326 e. The summed E-state index contributed by atoms with van der Waals surface area (Å²) in [5.74, 6) is 0. The third kappa shape index (κ3) is 23.0. The molecule has 0 rings (SSSR count). The van der Waals surface area contributed by atoms with Crippen LogP contribution in [0.25, 0.3) is 0 Å². The monoisotopic (exact) mass is 350 g/mol. The van der Waals surface area contributed by atoms with E-state index in [9.17, 15) is 4.53 Å². The average molecular weight is 350 g/mol. The van der Waals surface area contributed by atoms with Crippen LogP contribution < -0.4 is 0 Å². The molecule has 2 N–H and O–H groups in total. The predicted molar refractivity (Wildman–Crippen MR) is 83.1 cm³/mol. The van der Waals surface area contributed by atoms with Gasteiger partial charge in [-0.05, 0) is 23.8 Å². The summed E-state index contributed by atoms with van der Waals surface area (Å²) in [7, 11) is -3.86. The van der Waals surface area contributed by atoms with Crippen molar-refractivity contribution in [1.82, 2.24) is 0 Å². The smallest absolute Gasteiger partial charge is 0.326 e. The summed E-state index contributed by atoms with van der Waals surface area (Å²) in [5.41, 5.74) is 0. The highest BCUT2D eigenvalue weighted by Crippen LogP contribution is 2.40. The molecule has 0 aliphatic rings. The molecule has 0 saturated carbocycles. The average Bonchev–Trinajstić information content (AvgIpc) is 2.48. The molecule has 0 spiro atoms. The van der Waals surface area contributed by atoms with Gasteiger partial charge in [-0.25, -0.2) is 0 Å². The van der Waals surface area contributed by atoms with Crippen molar-refractivity contribution in [3.63, 3.8) is 0 Å². The highest BCUT2D eigenvalue weighted by Gasteiger charge is 2.11. The van der Waals surface area contributed by atoms with Gasteiger partial charge in [-0.1, -0.05) is 40.0 Å². The van der Waals surface area contributed by atoms with Crippen molar-refractivity contribution < 1.29 is 32.6 Å². The highest BCUT2D eigenvalue weighted by molar-refractivity contribution is 7.41. The molecule has 130 valence electrons. The predicted octanol–water partition coefficient (Wildman–Crippen LogP) is 4.76. The zero-order chi connectivity index (χ0) is 16.3. The fourth-order valence-corrected chi connectivity index (χ4v) is 2.02. The molecular formula is C12H29FO6P2. The molecule has 0 aliphatic carbocycles. The fraction of sp³-hybridized carbons (Fsp3) is 1.00. The number of hydrogen-bond donors (Lipinski definition) is 2. The Kier molecular flexibility index (Phi) is 23.3. The Hall–Kier alpha value is 0.550. The van der Waals surface area contributed by atoms with Gasteiger partial charge in [0.25, 0.3) is 0 Å². The van der Waals surface area contributed by atoms with Crippen molar-refractivity contribution in [3.8, 4) is 0 Å². The number of hydrogen-bond acceptors (Lipinski definition) is 6. The molecule has 0 atom stereocenters. The van der Waals surface area contributed by atoms with E-state index >= 15 is 0 Å². The first-order valence-corrected chi connectivity index (χ1v) is 9.53. The van der Waals surface area contributed by atoms with Crippen LogP contribution in [0.1, 0.15) is 59.3 Å². The maximum absolute atomic E-state index is 10.1. The van der Waals surface area contributed by atoms with E-state index in [0.717, 1.165) is 58.3 Å². The molecule has 21 heavy (non-hydrogen) atoms. The molecular weight excluding hydrogens is 321 g/mol. The van der Waals surface area contributed by atoms with Gasteiger partial charge < -0.3 is 23.4 Å². The fourth-order valence-electron chi connectivity index (χ4n) is 0.962. The molecule has 0 amide bonds. The number of unbranched alkanes of at least 4 members (excludes halogenated alkanes) is 3. The lowest BCUT2D eigenvalue weighted by Crippen LogP contribution is -1.99. The van der Waals surface area contributed by atoms with E-state index < -0.39 is 17.2 Å². The molecule has 0 unspecified atom stereocenters. The van der Waals surface area contributed by atoms with Crippen molar-refractivity contribution in [1.29, 1.82) is 0 Å². The lowest BCUT2D eigenvalue weighted by Gasteiger charge is -2.16. The van der Waals surface area contributed by atoms with Crippen molar-refractivity contribution in [3.05, 3.63) is 0 Å². The van der Waals surface area contributed by atoms with Crippen LogP contribution >= 0.6 is 17.2 Å². The molecule has 6 nitrogen and oxygen atoms in total. The van der Waals surface area contributed by atoms with Crippen LogP contribution in [-0.4, -0.2) is 29.6 Å². The summed E-state index contributed by atoms with van der Waals surface area (Å²) in [4.78, 5) is 14.8. The highest BCUT2D eigenvalue weighted by atomic mass is 31.2. The SMILES string of the molecule is CCCCOP(OCCCC)OCCCC.OP(O)OF. The van der Waals surface area contributed by atoms with Crippen LogP contribution in [0.5, 0.6) is 0 Å². The summed E-state index contributed by atoms with van der Waals surface area (Å²) >= 11 is 0. The molecule has 0 aromatic heterocycles. The molecule has 9 heteroatoms. The number of rotatable bonds is 13. The second kappa shape index (κ2) is 20.6. The van der Waals surface area contributed by atoms with E-state index in [0.29, 0.717) is 0 Å². The van der Waals surface area contributed by atoms with Crippen molar-refractivity contribution in [2.75, 3.05) is 19.8 Å². The Morgan fingerprint density at radius 3 is 1.24 bits per heavy atom. The number of halogens is 1. The molecule has 0 saturated heterocycles. The lowest BCUT2D eigenvalue weighted by atomic mass is 10.4. The Bertz CT molecular complexity index is 167. The first-order chi connectivity index (χ1) is 10.1. The summed E-state index contributed by atoms with van der Waals surface area (Å²) in [6.07, 6.45) is 6.67.